The van der Waals surface area contributed by atoms with E-state index in [9.17, 15) is 5.11 Å². The fourth-order valence-electron chi connectivity index (χ4n) is 2.48. The average Bonchev–Trinajstić information content (AvgIpc) is 2.48. The molecule has 1 atom stereocenters. The van der Waals surface area contributed by atoms with Gasteiger partial charge in [-0.05, 0) is 24.0 Å². The molecule has 0 saturated carbocycles. The van der Waals surface area contributed by atoms with E-state index in [-0.39, 0.29) is 11.5 Å². The van der Waals surface area contributed by atoms with Crippen molar-refractivity contribution in [2.75, 3.05) is 13.2 Å². The molecule has 0 amide bonds. The number of hydrogen-bond acceptors (Lipinski definition) is 3. The molecule has 1 aliphatic carbocycles. The van der Waals surface area contributed by atoms with Crippen molar-refractivity contribution in [3.63, 3.8) is 0 Å². The van der Waals surface area contributed by atoms with Crippen LogP contribution >= 0.6 is 0 Å². The summed E-state index contributed by atoms with van der Waals surface area (Å²) in [5.41, 5.74) is 0.770. The first-order valence-electron chi connectivity index (χ1n) is 5.11. The Hall–Kier alpha value is -0.380. The molecule has 1 fully saturated rings. The first-order valence-corrected chi connectivity index (χ1v) is 5.11. The van der Waals surface area contributed by atoms with Gasteiger partial charge in [0.2, 0.25) is 0 Å². The Morgan fingerprint density at radius 3 is 2.43 bits per heavy atom. The van der Waals surface area contributed by atoms with E-state index in [2.05, 4.69) is 0 Å². The fraction of sp³-hybridized carbons (Fsp3) is 0.818. The van der Waals surface area contributed by atoms with Crippen LogP contribution in [0, 0.1) is 5.41 Å². The van der Waals surface area contributed by atoms with E-state index in [0.29, 0.717) is 13.2 Å². The van der Waals surface area contributed by atoms with Crippen LogP contribution in [-0.4, -0.2) is 30.2 Å². The van der Waals surface area contributed by atoms with Crippen LogP contribution in [0.5, 0.6) is 0 Å². The molecule has 0 radical (unpaired) electrons. The molecule has 1 heterocycles. The predicted molar refractivity (Wildman–Crippen MR) is 52.8 cm³/mol. The minimum Gasteiger partial charge on any atom is -0.388 e. The second kappa shape index (κ2) is 3.05. The van der Waals surface area contributed by atoms with Gasteiger partial charge in [0.1, 0.15) is 0 Å². The van der Waals surface area contributed by atoms with Gasteiger partial charge < -0.3 is 14.6 Å². The minimum absolute atomic E-state index is 0.177. The molecule has 0 bridgehead atoms. The molecule has 1 N–H and O–H groups in total. The SMILES string of the molecule is CC1=CC2(CC(C)(C)C1O)OCCO2. The van der Waals surface area contributed by atoms with E-state index in [0.717, 1.165) is 12.0 Å². The molecule has 1 saturated heterocycles. The maximum absolute atomic E-state index is 9.97. The highest BCUT2D eigenvalue weighted by Gasteiger charge is 2.47. The zero-order valence-electron chi connectivity index (χ0n) is 9.04. The number of ether oxygens (including phenoxy) is 2. The van der Waals surface area contributed by atoms with Gasteiger partial charge in [0.15, 0.2) is 5.79 Å². The van der Waals surface area contributed by atoms with E-state index in [4.69, 9.17) is 9.47 Å². The predicted octanol–water partition coefficient (Wildman–Crippen LogP) is 1.47. The molecule has 3 nitrogen and oxygen atoms in total. The molecule has 1 unspecified atom stereocenters. The van der Waals surface area contributed by atoms with Crippen LogP contribution < -0.4 is 0 Å². The second-order valence-corrected chi connectivity index (χ2v) is 4.97. The molecular formula is C11H18O3. The van der Waals surface area contributed by atoms with E-state index < -0.39 is 5.79 Å². The minimum atomic E-state index is -0.563. The third-order valence-electron chi connectivity index (χ3n) is 3.10. The third kappa shape index (κ3) is 1.49. The van der Waals surface area contributed by atoms with Crippen LogP contribution in [0.3, 0.4) is 0 Å². The molecule has 3 heteroatoms. The van der Waals surface area contributed by atoms with Crippen molar-refractivity contribution in [2.24, 2.45) is 5.41 Å². The van der Waals surface area contributed by atoms with Gasteiger partial charge in [-0.25, -0.2) is 0 Å². The van der Waals surface area contributed by atoms with E-state index in [1.54, 1.807) is 0 Å². The van der Waals surface area contributed by atoms with Gasteiger partial charge in [-0.2, -0.15) is 0 Å². The summed E-state index contributed by atoms with van der Waals surface area (Å²) in [5.74, 6) is -0.563. The molecule has 0 aromatic rings. The third-order valence-corrected chi connectivity index (χ3v) is 3.10. The van der Waals surface area contributed by atoms with Crippen LogP contribution in [-0.2, 0) is 9.47 Å². The summed E-state index contributed by atoms with van der Waals surface area (Å²) in [6.45, 7) is 7.31. The zero-order valence-corrected chi connectivity index (χ0v) is 9.04. The van der Waals surface area contributed by atoms with Crippen molar-refractivity contribution in [3.8, 4) is 0 Å². The Bertz CT molecular complexity index is 262. The lowest BCUT2D eigenvalue weighted by Crippen LogP contribution is -2.45. The van der Waals surface area contributed by atoms with Crippen molar-refractivity contribution in [3.05, 3.63) is 11.6 Å². The molecule has 14 heavy (non-hydrogen) atoms. The van der Waals surface area contributed by atoms with Crippen molar-refractivity contribution < 1.29 is 14.6 Å². The average molecular weight is 198 g/mol. The zero-order chi connectivity index (χ0) is 10.4. The topological polar surface area (TPSA) is 38.7 Å². The van der Waals surface area contributed by atoms with E-state index in [1.165, 1.54) is 0 Å². The van der Waals surface area contributed by atoms with Gasteiger partial charge in [-0.1, -0.05) is 13.8 Å². The Balaban J connectivity index is 2.32. The molecule has 80 valence electrons. The van der Waals surface area contributed by atoms with Gasteiger partial charge >= 0.3 is 0 Å². The maximum Gasteiger partial charge on any atom is 0.188 e. The van der Waals surface area contributed by atoms with Crippen molar-refractivity contribution >= 4 is 0 Å². The summed E-state index contributed by atoms with van der Waals surface area (Å²) < 4.78 is 11.3. The lowest BCUT2D eigenvalue weighted by molar-refractivity contribution is -0.159. The summed E-state index contributed by atoms with van der Waals surface area (Å²) in [6, 6.07) is 0. The standard InChI is InChI=1S/C11H18O3/c1-8-6-11(13-4-5-14-11)7-10(2,3)9(8)12/h6,9,12H,4-5,7H2,1-3H3. The van der Waals surface area contributed by atoms with Crippen molar-refractivity contribution in [1.29, 1.82) is 0 Å². The van der Waals surface area contributed by atoms with Crippen LogP contribution in [0.25, 0.3) is 0 Å². The second-order valence-electron chi connectivity index (χ2n) is 4.97. The Morgan fingerprint density at radius 1 is 1.36 bits per heavy atom. The van der Waals surface area contributed by atoms with Gasteiger partial charge in [0.05, 0.1) is 19.3 Å². The highest BCUT2D eigenvalue weighted by atomic mass is 16.7. The van der Waals surface area contributed by atoms with E-state index in [1.807, 2.05) is 26.8 Å². The summed E-state index contributed by atoms with van der Waals surface area (Å²) in [5, 5.41) is 9.97. The highest BCUT2D eigenvalue weighted by Crippen LogP contribution is 2.44. The van der Waals surface area contributed by atoms with Crippen LogP contribution in [0.2, 0.25) is 0 Å². The normalized spacial score (nSPS) is 34.6. The highest BCUT2D eigenvalue weighted by molar-refractivity contribution is 5.20. The number of aliphatic hydroxyl groups excluding tert-OH is 1. The summed E-state index contributed by atoms with van der Waals surface area (Å²) in [7, 11) is 0. The monoisotopic (exact) mass is 198 g/mol. The quantitative estimate of drug-likeness (QED) is 0.599. The van der Waals surface area contributed by atoms with Crippen molar-refractivity contribution in [1.82, 2.24) is 0 Å². The number of hydrogen-bond donors (Lipinski definition) is 1. The molecule has 1 aliphatic heterocycles. The maximum atomic E-state index is 9.97. The Labute approximate surface area is 84.7 Å². The van der Waals surface area contributed by atoms with Gasteiger partial charge in [0, 0.05) is 6.42 Å². The first-order chi connectivity index (χ1) is 6.45. The smallest absolute Gasteiger partial charge is 0.188 e. The largest absolute Gasteiger partial charge is 0.388 e. The number of aliphatic hydroxyl groups is 1. The summed E-state index contributed by atoms with van der Waals surface area (Å²) >= 11 is 0. The van der Waals surface area contributed by atoms with Crippen LogP contribution in [0.4, 0.5) is 0 Å². The molecular weight excluding hydrogens is 180 g/mol. The lowest BCUT2D eigenvalue weighted by Gasteiger charge is -2.42. The Kier molecular flexibility index (Phi) is 2.21. The molecule has 2 rings (SSSR count). The molecule has 0 aromatic heterocycles. The molecule has 2 aliphatic rings. The van der Waals surface area contributed by atoms with Crippen LogP contribution in [0.15, 0.2) is 11.6 Å². The van der Waals surface area contributed by atoms with Gasteiger partial charge in [-0.15, -0.1) is 0 Å². The molecule has 1 spiro atoms. The first kappa shape index (κ1) is 10.1. The lowest BCUT2D eigenvalue weighted by atomic mass is 9.72. The number of rotatable bonds is 0. The van der Waals surface area contributed by atoms with Gasteiger partial charge in [-0.3, -0.25) is 0 Å². The Morgan fingerprint density at radius 2 is 1.93 bits per heavy atom. The summed E-state index contributed by atoms with van der Waals surface area (Å²) in [4.78, 5) is 0. The van der Waals surface area contributed by atoms with E-state index >= 15 is 0 Å². The van der Waals surface area contributed by atoms with Gasteiger partial charge in [0.25, 0.3) is 0 Å². The van der Waals surface area contributed by atoms with Crippen LogP contribution in [0.1, 0.15) is 27.2 Å². The molecule has 0 aromatic carbocycles. The summed E-state index contributed by atoms with van der Waals surface area (Å²) in [6.07, 6.45) is 2.26. The van der Waals surface area contributed by atoms with Crippen molar-refractivity contribution in [2.45, 2.75) is 39.1 Å². The fourth-order valence-corrected chi connectivity index (χ4v) is 2.48.